The van der Waals surface area contributed by atoms with E-state index in [0.717, 1.165) is 12.8 Å². The highest BCUT2D eigenvalue weighted by Gasteiger charge is 2.12. The summed E-state index contributed by atoms with van der Waals surface area (Å²) in [5.41, 5.74) is 5.71. The first-order chi connectivity index (χ1) is 8.22. The van der Waals surface area contributed by atoms with Crippen LogP contribution < -0.4 is 5.73 Å². The first-order valence-electron chi connectivity index (χ1n) is 7.26. The third kappa shape index (κ3) is 10.7. The Balaban J connectivity index is 3.13. The standard InChI is InChI=1S/C14H31NO2/c1-2-3-4-5-6-7-8-9-10-11-13(15)14(17)12-16/h13-14,16-17H,2-12,15H2,1H3. The molecule has 0 saturated carbocycles. The highest BCUT2D eigenvalue weighted by Crippen LogP contribution is 2.11. The van der Waals surface area contributed by atoms with Crippen LogP contribution in [0.2, 0.25) is 0 Å². The van der Waals surface area contributed by atoms with E-state index < -0.39 is 6.10 Å². The molecular formula is C14H31NO2. The summed E-state index contributed by atoms with van der Waals surface area (Å²) in [4.78, 5) is 0. The number of aliphatic hydroxyl groups excluding tert-OH is 2. The molecule has 0 aromatic carbocycles. The molecule has 104 valence electrons. The fraction of sp³-hybridized carbons (Fsp3) is 1.00. The Kier molecular flexibility index (Phi) is 12.3. The maximum Gasteiger partial charge on any atom is 0.0921 e. The minimum atomic E-state index is -0.746. The zero-order valence-electron chi connectivity index (χ0n) is 11.4. The molecule has 0 bridgehead atoms. The predicted molar refractivity (Wildman–Crippen MR) is 72.9 cm³/mol. The summed E-state index contributed by atoms with van der Waals surface area (Å²) in [5.74, 6) is 0. The first-order valence-corrected chi connectivity index (χ1v) is 7.26. The summed E-state index contributed by atoms with van der Waals surface area (Å²) in [6, 6.07) is -0.260. The Morgan fingerprint density at radius 3 is 1.82 bits per heavy atom. The Labute approximate surface area is 106 Å². The summed E-state index contributed by atoms with van der Waals surface area (Å²) in [6.45, 7) is 2.02. The summed E-state index contributed by atoms with van der Waals surface area (Å²) >= 11 is 0. The van der Waals surface area contributed by atoms with Crippen LogP contribution in [0.15, 0.2) is 0 Å². The van der Waals surface area contributed by atoms with Crippen molar-refractivity contribution in [2.75, 3.05) is 6.61 Å². The van der Waals surface area contributed by atoms with Gasteiger partial charge in [-0.05, 0) is 6.42 Å². The average Bonchev–Trinajstić information content (AvgIpc) is 2.35. The molecule has 4 N–H and O–H groups in total. The molecule has 17 heavy (non-hydrogen) atoms. The summed E-state index contributed by atoms with van der Waals surface area (Å²) in [6.07, 6.45) is 11.7. The second kappa shape index (κ2) is 12.3. The average molecular weight is 245 g/mol. The Morgan fingerprint density at radius 1 is 0.882 bits per heavy atom. The quantitative estimate of drug-likeness (QED) is 0.463. The lowest BCUT2D eigenvalue weighted by Gasteiger charge is -2.16. The molecule has 0 aliphatic heterocycles. The number of aliphatic hydroxyl groups is 2. The van der Waals surface area contributed by atoms with Crippen molar-refractivity contribution in [2.24, 2.45) is 5.73 Å². The van der Waals surface area contributed by atoms with E-state index in [0.29, 0.717) is 0 Å². The van der Waals surface area contributed by atoms with E-state index in [2.05, 4.69) is 6.92 Å². The van der Waals surface area contributed by atoms with E-state index in [9.17, 15) is 5.11 Å². The Hall–Kier alpha value is -0.120. The van der Waals surface area contributed by atoms with Gasteiger partial charge in [0.15, 0.2) is 0 Å². The van der Waals surface area contributed by atoms with Gasteiger partial charge in [0.25, 0.3) is 0 Å². The number of nitrogens with two attached hydrogens (primary N) is 1. The number of hydrogen-bond donors (Lipinski definition) is 3. The molecule has 0 radical (unpaired) electrons. The predicted octanol–water partition coefficient (Wildman–Crippen LogP) is 2.59. The van der Waals surface area contributed by atoms with Gasteiger partial charge in [-0.1, -0.05) is 64.7 Å². The lowest BCUT2D eigenvalue weighted by molar-refractivity contribution is 0.0711. The van der Waals surface area contributed by atoms with Gasteiger partial charge in [-0.2, -0.15) is 0 Å². The molecule has 0 aromatic rings. The highest BCUT2D eigenvalue weighted by molar-refractivity contribution is 4.70. The lowest BCUT2D eigenvalue weighted by atomic mass is 10.0. The first kappa shape index (κ1) is 16.9. The molecule has 0 rings (SSSR count). The SMILES string of the molecule is CCCCCCCCCCCC(N)C(O)CO. The van der Waals surface area contributed by atoms with Gasteiger partial charge >= 0.3 is 0 Å². The number of rotatable bonds is 12. The maximum atomic E-state index is 9.27. The minimum absolute atomic E-state index is 0.224. The van der Waals surface area contributed by atoms with Crippen LogP contribution in [-0.2, 0) is 0 Å². The van der Waals surface area contributed by atoms with Crippen LogP contribution >= 0.6 is 0 Å². The van der Waals surface area contributed by atoms with Crippen molar-refractivity contribution >= 4 is 0 Å². The van der Waals surface area contributed by atoms with Gasteiger partial charge in [-0.25, -0.2) is 0 Å². The van der Waals surface area contributed by atoms with Gasteiger partial charge in [-0.3, -0.25) is 0 Å². The van der Waals surface area contributed by atoms with Crippen LogP contribution in [0.3, 0.4) is 0 Å². The van der Waals surface area contributed by atoms with Crippen molar-refractivity contribution in [3.63, 3.8) is 0 Å². The van der Waals surface area contributed by atoms with Crippen LogP contribution in [0.1, 0.15) is 71.1 Å². The van der Waals surface area contributed by atoms with Crippen molar-refractivity contribution in [2.45, 2.75) is 83.3 Å². The van der Waals surface area contributed by atoms with Gasteiger partial charge < -0.3 is 15.9 Å². The monoisotopic (exact) mass is 245 g/mol. The molecule has 0 aliphatic rings. The van der Waals surface area contributed by atoms with E-state index in [4.69, 9.17) is 10.8 Å². The van der Waals surface area contributed by atoms with Gasteiger partial charge in [0.2, 0.25) is 0 Å². The zero-order valence-corrected chi connectivity index (χ0v) is 11.4. The second-order valence-electron chi connectivity index (χ2n) is 5.03. The topological polar surface area (TPSA) is 66.5 Å². The Bertz CT molecular complexity index is 153. The van der Waals surface area contributed by atoms with E-state index in [-0.39, 0.29) is 12.6 Å². The van der Waals surface area contributed by atoms with E-state index in [1.165, 1.54) is 51.4 Å². The summed E-state index contributed by atoms with van der Waals surface area (Å²) in [7, 11) is 0. The van der Waals surface area contributed by atoms with E-state index >= 15 is 0 Å². The number of unbranched alkanes of at least 4 members (excludes halogenated alkanes) is 8. The fourth-order valence-electron chi connectivity index (χ4n) is 2.02. The van der Waals surface area contributed by atoms with Crippen LogP contribution in [0.25, 0.3) is 0 Å². The molecule has 0 saturated heterocycles. The van der Waals surface area contributed by atoms with Gasteiger partial charge in [0.1, 0.15) is 0 Å². The van der Waals surface area contributed by atoms with Crippen molar-refractivity contribution in [1.29, 1.82) is 0 Å². The normalized spacial score (nSPS) is 14.8. The van der Waals surface area contributed by atoms with Crippen molar-refractivity contribution in [1.82, 2.24) is 0 Å². The lowest BCUT2D eigenvalue weighted by Crippen LogP contribution is -2.37. The second-order valence-corrected chi connectivity index (χ2v) is 5.03. The number of hydrogen-bond acceptors (Lipinski definition) is 3. The van der Waals surface area contributed by atoms with Crippen molar-refractivity contribution < 1.29 is 10.2 Å². The van der Waals surface area contributed by atoms with Gasteiger partial charge in [-0.15, -0.1) is 0 Å². The third-order valence-corrected chi connectivity index (χ3v) is 3.32. The summed E-state index contributed by atoms with van der Waals surface area (Å²) in [5, 5.41) is 18.0. The van der Waals surface area contributed by atoms with E-state index in [1.807, 2.05) is 0 Å². The molecule has 0 amide bonds. The largest absolute Gasteiger partial charge is 0.394 e. The molecule has 0 aliphatic carbocycles. The highest BCUT2D eigenvalue weighted by atomic mass is 16.3. The molecule has 3 heteroatoms. The van der Waals surface area contributed by atoms with E-state index in [1.54, 1.807) is 0 Å². The molecule has 0 aromatic heterocycles. The third-order valence-electron chi connectivity index (χ3n) is 3.32. The molecule has 0 heterocycles. The smallest absolute Gasteiger partial charge is 0.0921 e. The van der Waals surface area contributed by atoms with Crippen LogP contribution in [0, 0.1) is 0 Å². The minimum Gasteiger partial charge on any atom is -0.394 e. The van der Waals surface area contributed by atoms with Crippen LogP contribution in [0.4, 0.5) is 0 Å². The molecule has 0 fully saturated rings. The van der Waals surface area contributed by atoms with Crippen LogP contribution in [0.5, 0.6) is 0 Å². The van der Waals surface area contributed by atoms with Crippen molar-refractivity contribution in [3.05, 3.63) is 0 Å². The molecule has 3 nitrogen and oxygen atoms in total. The van der Waals surface area contributed by atoms with Crippen molar-refractivity contribution in [3.8, 4) is 0 Å². The van der Waals surface area contributed by atoms with Gasteiger partial charge in [0, 0.05) is 6.04 Å². The molecule has 2 unspecified atom stereocenters. The Morgan fingerprint density at radius 2 is 1.35 bits per heavy atom. The van der Waals surface area contributed by atoms with Gasteiger partial charge in [0.05, 0.1) is 12.7 Å². The van der Waals surface area contributed by atoms with Crippen LogP contribution in [-0.4, -0.2) is 29.0 Å². The fourth-order valence-corrected chi connectivity index (χ4v) is 2.02. The maximum absolute atomic E-state index is 9.27. The molecular weight excluding hydrogens is 214 g/mol. The molecule has 2 atom stereocenters. The zero-order chi connectivity index (χ0) is 12.9. The summed E-state index contributed by atoms with van der Waals surface area (Å²) < 4.78 is 0. The molecule has 0 spiro atoms.